The van der Waals surface area contributed by atoms with Crippen LogP contribution in [-0.4, -0.2) is 14.7 Å². The summed E-state index contributed by atoms with van der Waals surface area (Å²) in [7, 11) is 0. The largest absolute Gasteiger partial charge is 0.361 e. The summed E-state index contributed by atoms with van der Waals surface area (Å²) in [4.78, 5) is 4.48. The van der Waals surface area contributed by atoms with Gasteiger partial charge in [0.05, 0.1) is 11.3 Å². The molecule has 0 fully saturated rings. The quantitative estimate of drug-likeness (QED) is 0.710. The molecule has 0 radical (unpaired) electrons. The average Bonchev–Trinajstić information content (AvgIpc) is 2.95. The van der Waals surface area contributed by atoms with Gasteiger partial charge in [-0.3, -0.25) is 4.57 Å². The minimum absolute atomic E-state index is 0.791. The number of hydrogen-bond acceptors (Lipinski definition) is 3. The van der Waals surface area contributed by atoms with Crippen molar-refractivity contribution in [3.8, 4) is 17.1 Å². The fourth-order valence-electron chi connectivity index (χ4n) is 2.59. The van der Waals surface area contributed by atoms with Gasteiger partial charge in [-0.2, -0.15) is 0 Å². The number of aromatic nitrogens is 3. The molecule has 0 unspecified atom stereocenters. The van der Waals surface area contributed by atoms with Crippen LogP contribution in [0.15, 0.2) is 35.1 Å². The lowest BCUT2D eigenvalue weighted by Crippen LogP contribution is -1.98. The van der Waals surface area contributed by atoms with Gasteiger partial charge in [0.25, 0.3) is 0 Å². The minimum Gasteiger partial charge on any atom is -0.361 e. The number of imidazole rings is 1. The van der Waals surface area contributed by atoms with Gasteiger partial charge in [0, 0.05) is 18.1 Å². The zero-order chi connectivity index (χ0) is 14.3. The number of nitrogens with zero attached hydrogens (tertiary/aromatic N) is 3. The predicted octanol–water partition coefficient (Wildman–Crippen LogP) is 3.76. The molecule has 4 nitrogen and oxygen atoms in total. The van der Waals surface area contributed by atoms with Gasteiger partial charge in [0.1, 0.15) is 11.6 Å². The molecule has 0 N–H and O–H groups in total. The third-order valence-corrected chi connectivity index (χ3v) is 3.38. The fourth-order valence-corrected chi connectivity index (χ4v) is 2.59. The molecule has 102 valence electrons. The van der Waals surface area contributed by atoms with Crippen molar-refractivity contribution >= 4 is 0 Å². The van der Waals surface area contributed by atoms with Crippen molar-refractivity contribution in [1.29, 1.82) is 0 Å². The van der Waals surface area contributed by atoms with E-state index in [-0.39, 0.29) is 0 Å². The first-order valence-electron chi connectivity index (χ1n) is 6.61. The highest BCUT2D eigenvalue weighted by molar-refractivity contribution is 5.63. The Kier molecular flexibility index (Phi) is 2.93. The van der Waals surface area contributed by atoms with Crippen LogP contribution in [0.5, 0.6) is 0 Å². The number of rotatable bonds is 2. The normalized spacial score (nSPS) is 11.0. The maximum absolute atomic E-state index is 5.25. The van der Waals surface area contributed by atoms with Crippen LogP contribution >= 0.6 is 0 Å². The molecular weight excluding hydrogens is 250 g/mol. The molecule has 0 saturated carbocycles. The van der Waals surface area contributed by atoms with Gasteiger partial charge < -0.3 is 4.52 Å². The monoisotopic (exact) mass is 267 g/mol. The Morgan fingerprint density at radius 2 is 1.70 bits per heavy atom. The third-order valence-electron chi connectivity index (χ3n) is 3.38. The molecule has 3 aromatic rings. The summed E-state index contributed by atoms with van der Waals surface area (Å²) in [6, 6.07) is 6.46. The predicted molar refractivity (Wildman–Crippen MR) is 78.0 cm³/mol. The van der Waals surface area contributed by atoms with Crippen LogP contribution in [0, 0.1) is 27.7 Å². The SMILES string of the molecule is Cc1cc(C)cc(-n2ccnc2-c2c(C)noc2C)c1. The Morgan fingerprint density at radius 1 is 1.00 bits per heavy atom. The molecule has 20 heavy (non-hydrogen) atoms. The van der Waals surface area contributed by atoms with Gasteiger partial charge in [-0.25, -0.2) is 4.98 Å². The summed E-state index contributed by atoms with van der Waals surface area (Å²) in [5.41, 5.74) is 5.40. The highest BCUT2D eigenvalue weighted by atomic mass is 16.5. The van der Waals surface area contributed by atoms with Gasteiger partial charge in [-0.05, 0) is 51.0 Å². The number of aryl methyl sites for hydroxylation is 4. The molecule has 0 amide bonds. The first-order chi connectivity index (χ1) is 9.56. The van der Waals surface area contributed by atoms with Gasteiger partial charge >= 0.3 is 0 Å². The van der Waals surface area contributed by atoms with Crippen molar-refractivity contribution in [3.63, 3.8) is 0 Å². The Morgan fingerprint density at radius 3 is 2.30 bits per heavy atom. The second-order valence-corrected chi connectivity index (χ2v) is 5.17. The number of benzene rings is 1. The van der Waals surface area contributed by atoms with Crippen LogP contribution in [0.1, 0.15) is 22.6 Å². The van der Waals surface area contributed by atoms with Crippen LogP contribution in [0.25, 0.3) is 17.1 Å². The Labute approximate surface area is 118 Å². The lowest BCUT2D eigenvalue weighted by molar-refractivity contribution is 0.393. The summed E-state index contributed by atoms with van der Waals surface area (Å²) in [5, 5.41) is 4.01. The van der Waals surface area contributed by atoms with E-state index in [1.165, 1.54) is 11.1 Å². The molecule has 2 aromatic heterocycles. The van der Waals surface area contributed by atoms with E-state index in [1.54, 1.807) is 6.20 Å². The van der Waals surface area contributed by atoms with Gasteiger partial charge in [-0.1, -0.05) is 11.2 Å². The van der Waals surface area contributed by atoms with Crippen LogP contribution in [0.2, 0.25) is 0 Å². The van der Waals surface area contributed by atoms with E-state index >= 15 is 0 Å². The molecule has 3 rings (SSSR count). The molecule has 0 aliphatic heterocycles. The maximum atomic E-state index is 5.25. The summed E-state index contributed by atoms with van der Waals surface area (Å²) >= 11 is 0. The smallest absolute Gasteiger partial charge is 0.149 e. The highest BCUT2D eigenvalue weighted by Gasteiger charge is 2.17. The molecule has 0 aliphatic rings. The second-order valence-electron chi connectivity index (χ2n) is 5.17. The van der Waals surface area contributed by atoms with Crippen molar-refractivity contribution in [1.82, 2.24) is 14.7 Å². The van der Waals surface area contributed by atoms with Gasteiger partial charge in [0.2, 0.25) is 0 Å². The second kappa shape index (κ2) is 4.63. The molecule has 0 bridgehead atoms. The van der Waals surface area contributed by atoms with Gasteiger partial charge in [0.15, 0.2) is 0 Å². The van der Waals surface area contributed by atoms with E-state index in [0.29, 0.717) is 0 Å². The highest BCUT2D eigenvalue weighted by Crippen LogP contribution is 2.28. The number of hydrogen-bond donors (Lipinski definition) is 0. The minimum atomic E-state index is 0.791. The summed E-state index contributed by atoms with van der Waals surface area (Å²) in [5.74, 6) is 1.66. The zero-order valence-corrected chi connectivity index (χ0v) is 12.1. The molecule has 2 heterocycles. The van der Waals surface area contributed by atoms with Crippen molar-refractivity contribution in [3.05, 3.63) is 53.2 Å². The maximum Gasteiger partial charge on any atom is 0.149 e. The lowest BCUT2D eigenvalue weighted by atomic mass is 10.1. The van der Waals surface area contributed by atoms with Crippen molar-refractivity contribution in [2.45, 2.75) is 27.7 Å². The molecule has 1 aromatic carbocycles. The van der Waals surface area contributed by atoms with E-state index in [1.807, 2.05) is 20.0 Å². The lowest BCUT2D eigenvalue weighted by Gasteiger charge is -2.09. The van der Waals surface area contributed by atoms with Crippen molar-refractivity contribution < 1.29 is 4.52 Å². The van der Waals surface area contributed by atoms with Crippen molar-refractivity contribution in [2.24, 2.45) is 0 Å². The van der Waals surface area contributed by atoms with Crippen LogP contribution in [-0.2, 0) is 0 Å². The van der Waals surface area contributed by atoms with E-state index in [4.69, 9.17) is 4.52 Å². The summed E-state index contributed by atoms with van der Waals surface area (Å²) in [6.07, 6.45) is 3.77. The van der Waals surface area contributed by atoms with E-state index in [2.05, 4.69) is 46.8 Å². The summed E-state index contributed by atoms with van der Waals surface area (Å²) < 4.78 is 7.33. The van der Waals surface area contributed by atoms with Crippen LogP contribution < -0.4 is 0 Å². The molecule has 0 aliphatic carbocycles. The topological polar surface area (TPSA) is 43.9 Å². The zero-order valence-electron chi connectivity index (χ0n) is 12.1. The Bertz CT molecular complexity index is 728. The first kappa shape index (κ1) is 12.7. The van der Waals surface area contributed by atoms with E-state index in [0.717, 1.165) is 28.5 Å². The molecule has 0 spiro atoms. The Balaban J connectivity index is 2.20. The Hall–Kier alpha value is -2.36. The van der Waals surface area contributed by atoms with E-state index < -0.39 is 0 Å². The first-order valence-corrected chi connectivity index (χ1v) is 6.61. The van der Waals surface area contributed by atoms with Crippen LogP contribution in [0.4, 0.5) is 0 Å². The molecule has 0 saturated heterocycles. The standard InChI is InChI=1S/C16H17N3O/c1-10-7-11(2)9-14(8-10)19-6-5-17-16(19)15-12(3)18-20-13(15)4/h5-9H,1-4H3. The molecule has 4 heteroatoms. The fraction of sp³-hybridized carbons (Fsp3) is 0.250. The van der Waals surface area contributed by atoms with E-state index in [9.17, 15) is 0 Å². The van der Waals surface area contributed by atoms with Gasteiger partial charge in [-0.15, -0.1) is 0 Å². The van der Waals surface area contributed by atoms with Crippen LogP contribution in [0.3, 0.4) is 0 Å². The van der Waals surface area contributed by atoms with Crippen molar-refractivity contribution in [2.75, 3.05) is 0 Å². The molecular formula is C16H17N3O. The summed E-state index contributed by atoms with van der Waals surface area (Å²) in [6.45, 7) is 8.05. The third kappa shape index (κ3) is 2.03. The molecule has 0 atom stereocenters. The average molecular weight is 267 g/mol.